The summed E-state index contributed by atoms with van der Waals surface area (Å²) in [6.07, 6.45) is 0. The number of halogens is 1. The van der Waals surface area contributed by atoms with E-state index in [0.717, 1.165) is 5.39 Å². The van der Waals surface area contributed by atoms with Crippen LogP contribution in [0.4, 0.5) is 0 Å². The quantitative estimate of drug-likeness (QED) is 0.690. The topological polar surface area (TPSA) is 59.7 Å². The molecule has 0 amide bonds. The van der Waals surface area contributed by atoms with E-state index in [0.29, 0.717) is 32.2 Å². The number of rotatable bonds is 2. The summed E-state index contributed by atoms with van der Waals surface area (Å²) < 4.78 is 11.3. The van der Waals surface area contributed by atoms with Gasteiger partial charge in [-0.1, -0.05) is 24.3 Å². The van der Waals surface area contributed by atoms with Crippen LogP contribution in [0.5, 0.6) is 5.75 Å². The van der Waals surface area contributed by atoms with Crippen molar-refractivity contribution < 1.29 is 19.1 Å². The highest BCUT2D eigenvalue weighted by Crippen LogP contribution is 2.44. The number of fused-ring (bicyclic) bond motifs is 3. The first-order valence-corrected chi connectivity index (χ1v) is 7.35. The van der Waals surface area contributed by atoms with E-state index < -0.39 is 5.97 Å². The Morgan fingerprint density at radius 2 is 2.00 bits per heavy atom. The lowest BCUT2D eigenvalue weighted by Gasteiger charge is -2.06. The van der Waals surface area contributed by atoms with Crippen LogP contribution in [0.1, 0.15) is 23.0 Å². The van der Waals surface area contributed by atoms with Gasteiger partial charge in [0.1, 0.15) is 22.7 Å². The average Bonchev–Trinajstić information content (AvgIpc) is 2.83. The minimum atomic E-state index is -0.455. The van der Waals surface area contributed by atoms with Gasteiger partial charge in [0.2, 0.25) is 0 Å². The molecular formula is C16H13BrO4. The van der Waals surface area contributed by atoms with Crippen molar-refractivity contribution in [3.63, 3.8) is 0 Å². The molecule has 1 N–H and O–H groups in total. The first-order chi connectivity index (χ1) is 10.1. The van der Waals surface area contributed by atoms with Gasteiger partial charge in [0.05, 0.1) is 16.5 Å². The van der Waals surface area contributed by atoms with Gasteiger partial charge >= 0.3 is 5.97 Å². The number of esters is 1. The van der Waals surface area contributed by atoms with Crippen molar-refractivity contribution in [3.05, 3.63) is 40.1 Å². The lowest BCUT2D eigenvalue weighted by atomic mass is 10.0. The summed E-state index contributed by atoms with van der Waals surface area (Å²) in [4.78, 5) is 12.2. The second kappa shape index (κ2) is 5.07. The smallest absolute Gasteiger partial charge is 0.342 e. The number of phenolic OH excluding ortho intramolecular Hbond substituents is 1. The highest BCUT2D eigenvalue weighted by atomic mass is 79.9. The summed E-state index contributed by atoms with van der Waals surface area (Å²) in [6.45, 7) is 3.74. The predicted molar refractivity (Wildman–Crippen MR) is 83.8 cm³/mol. The Balaban J connectivity index is 2.48. The summed E-state index contributed by atoms with van der Waals surface area (Å²) in [5.74, 6) is 0.105. The summed E-state index contributed by atoms with van der Waals surface area (Å²) in [5.41, 5.74) is 0.913. The number of aryl methyl sites for hydroxylation is 1. The first-order valence-electron chi connectivity index (χ1n) is 6.55. The lowest BCUT2D eigenvalue weighted by Crippen LogP contribution is -2.05. The molecule has 21 heavy (non-hydrogen) atoms. The van der Waals surface area contributed by atoms with Crippen molar-refractivity contribution in [3.8, 4) is 5.75 Å². The molecule has 0 radical (unpaired) electrons. The van der Waals surface area contributed by atoms with E-state index in [2.05, 4.69) is 15.9 Å². The Hall–Kier alpha value is -2.01. The van der Waals surface area contributed by atoms with Crippen molar-refractivity contribution in [2.45, 2.75) is 13.8 Å². The minimum Gasteiger partial charge on any atom is -0.506 e. The molecule has 0 fully saturated rings. The van der Waals surface area contributed by atoms with Crippen LogP contribution in [0.25, 0.3) is 21.7 Å². The molecule has 0 spiro atoms. The van der Waals surface area contributed by atoms with Crippen LogP contribution in [0.3, 0.4) is 0 Å². The Kier molecular flexibility index (Phi) is 3.37. The molecule has 0 saturated carbocycles. The number of furan rings is 1. The van der Waals surface area contributed by atoms with Crippen LogP contribution < -0.4 is 0 Å². The van der Waals surface area contributed by atoms with E-state index in [-0.39, 0.29) is 12.4 Å². The molecule has 3 rings (SSSR count). The maximum atomic E-state index is 12.2. The van der Waals surface area contributed by atoms with E-state index in [1.54, 1.807) is 19.9 Å². The molecule has 0 aliphatic carbocycles. The Morgan fingerprint density at radius 3 is 2.67 bits per heavy atom. The number of hydrogen-bond donors (Lipinski definition) is 1. The molecule has 0 unspecified atom stereocenters. The maximum absolute atomic E-state index is 12.2. The zero-order valence-electron chi connectivity index (χ0n) is 11.6. The van der Waals surface area contributed by atoms with Crippen LogP contribution in [0.15, 0.2) is 33.2 Å². The second-order valence-electron chi connectivity index (χ2n) is 4.67. The number of benzene rings is 2. The third-order valence-electron chi connectivity index (χ3n) is 3.42. The van der Waals surface area contributed by atoms with Crippen molar-refractivity contribution >= 4 is 43.6 Å². The van der Waals surface area contributed by atoms with Crippen molar-refractivity contribution in [1.82, 2.24) is 0 Å². The van der Waals surface area contributed by atoms with E-state index >= 15 is 0 Å². The Bertz CT molecular complexity index is 864. The lowest BCUT2D eigenvalue weighted by molar-refractivity contribution is 0.0526. The third-order valence-corrected chi connectivity index (χ3v) is 4.19. The number of carbonyl (C=O) groups is 1. The first kappa shape index (κ1) is 13.9. The molecule has 0 aliphatic heterocycles. The van der Waals surface area contributed by atoms with E-state index in [9.17, 15) is 9.90 Å². The SMILES string of the molecule is CCOC(=O)c1c(C)oc2c1c(Br)c(O)c1ccccc12. The molecule has 4 nitrogen and oxygen atoms in total. The van der Waals surface area contributed by atoms with Crippen LogP contribution in [0, 0.1) is 6.92 Å². The number of aromatic hydroxyl groups is 1. The number of ether oxygens (including phenoxy) is 1. The summed E-state index contributed by atoms with van der Waals surface area (Å²) >= 11 is 3.37. The van der Waals surface area contributed by atoms with Gasteiger partial charge in [-0.2, -0.15) is 0 Å². The van der Waals surface area contributed by atoms with Crippen LogP contribution in [-0.2, 0) is 4.74 Å². The van der Waals surface area contributed by atoms with Crippen molar-refractivity contribution in [1.29, 1.82) is 0 Å². The van der Waals surface area contributed by atoms with Crippen molar-refractivity contribution in [2.75, 3.05) is 6.61 Å². The molecule has 2 aromatic carbocycles. The monoisotopic (exact) mass is 348 g/mol. The predicted octanol–water partition coefficient (Wildman–Crippen LogP) is 4.54. The average molecular weight is 349 g/mol. The third kappa shape index (κ3) is 2.00. The molecule has 0 bridgehead atoms. The fourth-order valence-corrected chi connectivity index (χ4v) is 3.11. The fourth-order valence-electron chi connectivity index (χ4n) is 2.52. The maximum Gasteiger partial charge on any atom is 0.342 e. The number of carbonyl (C=O) groups excluding carboxylic acids is 1. The Morgan fingerprint density at radius 1 is 1.33 bits per heavy atom. The van der Waals surface area contributed by atoms with Crippen LogP contribution in [0.2, 0.25) is 0 Å². The molecule has 3 aromatic rings. The largest absolute Gasteiger partial charge is 0.506 e. The summed E-state index contributed by atoms with van der Waals surface area (Å²) in [7, 11) is 0. The molecular weight excluding hydrogens is 336 g/mol. The molecule has 1 aromatic heterocycles. The second-order valence-corrected chi connectivity index (χ2v) is 5.46. The minimum absolute atomic E-state index is 0.0875. The van der Waals surface area contributed by atoms with E-state index in [1.807, 2.05) is 18.2 Å². The van der Waals surface area contributed by atoms with Gasteiger partial charge < -0.3 is 14.3 Å². The van der Waals surface area contributed by atoms with Gasteiger partial charge in [0.15, 0.2) is 0 Å². The van der Waals surface area contributed by atoms with Crippen molar-refractivity contribution in [2.24, 2.45) is 0 Å². The van der Waals surface area contributed by atoms with Gasteiger partial charge in [-0.15, -0.1) is 0 Å². The van der Waals surface area contributed by atoms with Gasteiger partial charge in [-0.05, 0) is 29.8 Å². The normalized spacial score (nSPS) is 11.2. The highest BCUT2D eigenvalue weighted by molar-refractivity contribution is 9.10. The van der Waals surface area contributed by atoms with Gasteiger partial charge in [-0.3, -0.25) is 0 Å². The van der Waals surface area contributed by atoms with Crippen LogP contribution in [-0.4, -0.2) is 17.7 Å². The van der Waals surface area contributed by atoms with E-state index in [4.69, 9.17) is 9.15 Å². The number of hydrogen-bond acceptors (Lipinski definition) is 4. The van der Waals surface area contributed by atoms with Crippen LogP contribution >= 0.6 is 15.9 Å². The van der Waals surface area contributed by atoms with Gasteiger partial charge in [0, 0.05) is 10.8 Å². The molecule has 0 atom stereocenters. The molecule has 5 heteroatoms. The molecule has 1 heterocycles. The summed E-state index contributed by atoms with van der Waals surface area (Å²) in [6, 6.07) is 7.35. The van der Waals surface area contributed by atoms with E-state index in [1.165, 1.54) is 0 Å². The molecule has 0 saturated heterocycles. The zero-order valence-corrected chi connectivity index (χ0v) is 13.2. The number of phenols is 1. The standard InChI is InChI=1S/C16H13BrO4/c1-3-20-16(19)11-8(2)21-15-10-7-5-4-6-9(10)14(18)13(17)12(11)15/h4-7,18H,3H2,1-2H3. The summed E-state index contributed by atoms with van der Waals surface area (Å²) in [5, 5.41) is 12.3. The van der Waals surface area contributed by atoms with Gasteiger partial charge in [0.25, 0.3) is 0 Å². The molecule has 0 aliphatic rings. The Labute approximate surface area is 129 Å². The molecule has 108 valence electrons. The fraction of sp³-hybridized carbons (Fsp3) is 0.188. The van der Waals surface area contributed by atoms with Gasteiger partial charge in [-0.25, -0.2) is 4.79 Å². The zero-order chi connectivity index (χ0) is 15.1. The highest BCUT2D eigenvalue weighted by Gasteiger charge is 2.25.